The molecule has 1 aromatic carbocycles. The molecule has 0 amide bonds. The van der Waals surface area contributed by atoms with Crippen molar-refractivity contribution in [3.05, 3.63) is 47.8 Å². The van der Waals surface area contributed by atoms with E-state index >= 15 is 0 Å². The first-order valence-electron chi connectivity index (χ1n) is 6.29. The van der Waals surface area contributed by atoms with Gasteiger partial charge in [-0.05, 0) is 31.5 Å². The van der Waals surface area contributed by atoms with Gasteiger partial charge in [-0.1, -0.05) is 12.1 Å². The van der Waals surface area contributed by atoms with E-state index in [1.165, 1.54) is 10.9 Å². The number of aromatic nitrogens is 2. The number of hydrogen-bond donors (Lipinski definition) is 1. The number of nitrogens with zero attached hydrogens (tertiary/aromatic N) is 2. The molecule has 2 aromatic rings. The summed E-state index contributed by atoms with van der Waals surface area (Å²) in [6.07, 6.45) is 1.29. The number of esters is 1. The summed E-state index contributed by atoms with van der Waals surface area (Å²) in [5.41, 5.74) is 7.01. The molecule has 2 rings (SSSR count). The number of nitrogens with two attached hydrogens (primary N) is 1. The Labute approximate surface area is 116 Å². The molecular weight excluding hydrogens is 261 g/mol. The highest BCUT2D eigenvalue weighted by molar-refractivity contribution is 5.87. The lowest BCUT2D eigenvalue weighted by atomic mass is 10.1. The summed E-state index contributed by atoms with van der Waals surface area (Å²) in [5, 5.41) is 0. The minimum atomic E-state index is -0.834. The summed E-state index contributed by atoms with van der Waals surface area (Å²) in [6.45, 7) is 3.67. The predicted octanol–water partition coefficient (Wildman–Crippen LogP) is 2.39. The number of rotatable bonds is 4. The van der Waals surface area contributed by atoms with E-state index in [0.717, 1.165) is 5.56 Å². The fraction of sp³-hybridized carbons (Fsp3) is 0.286. The van der Waals surface area contributed by atoms with Crippen LogP contribution in [-0.2, 0) is 4.74 Å². The van der Waals surface area contributed by atoms with Crippen molar-refractivity contribution in [1.29, 1.82) is 0 Å². The van der Waals surface area contributed by atoms with E-state index in [1.54, 1.807) is 25.1 Å². The van der Waals surface area contributed by atoms with Crippen LogP contribution >= 0.6 is 0 Å². The van der Waals surface area contributed by atoms with Crippen LogP contribution in [0.3, 0.4) is 0 Å². The van der Waals surface area contributed by atoms with Crippen LogP contribution < -0.4 is 5.73 Å². The molecule has 0 aliphatic heterocycles. The molecule has 6 heteroatoms. The van der Waals surface area contributed by atoms with Crippen LogP contribution in [0.4, 0.5) is 10.1 Å². The number of ether oxygens (including phenoxy) is 1. The fourth-order valence-corrected chi connectivity index (χ4v) is 2.00. The summed E-state index contributed by atoms with van der Waals surface area (Å²) in [6, 6.07) is 6.91. The third-order valence-electron chi connectivity index (χ3n) is 3.03. The van der Waals surface area contributed by atoms with Crippen LogP contribution in [0, 0.1) is 5.95 Å². The van der Waals surface area contributed by atoms with Gasteiger partial charge in [0.05, 0.1) is 19.0 Å². The Morgan fingerprint density at radius 1 is 1.55 bits per heavy atom. The second-order valence-corrected chi connectivity index (χ2v) is 4.36. The number of nitrogen functional groups attached to an aromatic ring is 1. The van der Waals surface area contributed by atoms with E-state index in [4.69, 9.17) is 10.5 Å². The Hall–Kier alpha value is -2.37. The molecular formula is C14H16FN3O2. The van der Waals surface area contributed by atoms with E-state index in [2.05, 4.69) is 4.98 Å². The fourth-order valence-electron chi connectivity index (χ4n) is 2.00. The van der Waals surface area contributed by atoms with Gasteiger partial charge in [0.25, 0.3) is 0 Å². The first kappa shape index (κ1) is 14.0. The van der Waals surface area contributed by atoms with Gasteiger partial charge in [0.2, 0.25) is 5.95 Å². The summed E-state index contributed by atoms with van der Waals surface area (Å²) < 4.78 is 20.0. The van der Waals surface area contributed by atoms with Gasteiger partial charge >= 0.3 is 5.97 Å². The second kappa shape index (κ2) is 5.73. The van der Waals surface area contributed by atoms with Crippen molar-refractivity contribution in [3.8, 4) is 0 Å². The highest BCUT2D eigenvalue weighted by atomic mass is 19.1. The molecule has 0 radical (unpaired) electrons. The molecule has 0 aliphatic rings. The Balaban J connectivity index is 2.40. The average Bonchev–Trinajstić information content (AvgIpc) is 2.80. The third-order valence-corrected chi connectivity index (χ3v) is 3.03. The molecule has 1 heterocycles. The van der Waals surface area contributed by atoms with E-state index in [0.29, 0.717) is 5.69 Å². The summed E-state index contributed by atoms with van der Waals surface area (Å²) in [4.78, 5) is 15.4. The molecule has 0 unspecified atom stereocenters. The Morgan fingerprint density at radius 3 is 2.95 bits per heavy atom. The smallest absolute Gasteiger partial charge is 0.359 e. The zero-order chi connectivity index (χ0) is 14.7. The van der Waals surface area contributed by atoms with Gasteiger partial charge in [0.1, 0.15) is 0 Å². The van der Waals surface area contributed by atoms with E-state index < -0.39 is 11.9 Å². The van der Waals surface area contributed by atoms with Gasteiger partial charge < -0.3 is 15.0 Å². The molecule has 0 saturated heterocycles. The quantitative estimate of drug-likeness (QED) is 0.688. The van der Waals surface area contributed by atoms with Gasteiger partial charge in [-0.3, -0.25) is 0 Å². The largest absolute Gasteiger partial charge is 0.461 e. The molecule has 0 saturated carbocycles. The van der Waals surface area contributed by atoms with Crippen LogP contribution in [0.2, 0.25) is 0 Å². The number of halogens is 1. The first-order chi connectivity index (χ1) is 9.54. The number of anilines is 1. The molecule has 0 fully saturated rings. The summed E-state index contributed by atoms with van der Waals surface area (Å²) >= 11 is 0. The zero-order valence-corrected chi connectivity index (χ0v) is 11.3. The van der Waals surface area contributed by atoms with Crippen molar-refractivity contribution in [2.45, 2.75) is 19.9 Å². The second-order valence-electron chi connectivity index (χ2n) is 4.36. The maximum absolute atomic E-state index is 13.7. The maximum Gasteiger partial charge on any atom is 0.359 e. The van der Waals surface area contributed by atoms with E-state index in [-0.39, 0.29) is 18.3 Å². The van der Waals surface area contributed by atoms with E-state index in [1.807, 2.05) is 13.0 Å². The molecule has 106 valence electrons. The van der Waals surface area contributed by atoms with Gasteiger partial charge in [-0.25, -0.2) is 9.78 Å². The van der Waals surface area contributed by atoms with Crippen molar-refractivity contribution >= 4 is 11.7 Å². The van der Waals surface area contributed by atoms with Crippen LogP contribution in [-0.4, -0.2) is 22.1 Å². The van der Waals surface area contributed by atoms with E-state index in [9.17, 15) is 9.18 Å². The molecule has 1 aromatic heterocycles. The first-order valence-corrected chi connectivity index (χ1v) is 6.29. The summed E-state index contributed by atoms with van der Waals surface area (Å²) in [5.74, 6) is -1.56. The monoisotopic (exact) mass is 277 g/mol. The summed E-state index contributed by atoms with van der Waals surface area (Å²) in [7, 11) is 0. The standard InChI is InChI=1S/C14H16FN3O2/c1-3-20-14(19)12-13(15)17-8-18(12)9(2)10-5-4-6-11(16)7-10/h4-9H,3,16H2,1-2H3/t9-/m1/s1. The van der Waals surface area contributed by atoms with Crippen molar-refractivity contribution in [2.24, 2.45) is 0 Å². The van der Waals surface area contributed by atoms with Crippen molar-refractivity contribution in [2.75, 3.05) is 12.3 Å². The van der Waals surface area contributed by atoms with Crippen molar-refractivity contribution in [1.82, 2.24) is 9.55 Å². The molecule has 1 atom stereocenters. The average molecular weight is 277 g/mol. The Morgan fingerprint density at radius 2 is 2.30 bits per heavy atom. The Bertz CT molecular complexity index is 625. The Kier molecular flexibility index (Phi) is 4.02. The highest BCUT2D eigenvalue weighted by Gasteiger charge is 2.23. The van der Waals surface area contributed by atoms with Gasteiger partial charge in [0, 0.05) is 5.69 Å². The van der Waals surface area contributed by atoms with Crippen molar-refractivity contribution in [3.63, 3.8) is 0 Å². The molecule has 20 heavy (non-hydrogen) atoms. The number of carbonyl (C=O) groups excluding carboxylic acids is 1. The minimum Gasteiger partial charge on any atom is -0.461 e. The van der Waals surface area contributed by atoms with Crippen LogP contribution in [0.15, 0.2) is 30.6 Å². The molecule has 0 bridgehead atoms. The van der Waals surface area contributed by atoms with Crippen molar-refractivity contribution < 1.29 is 13.9 Å². The number of hydrogen-bond acceptors (Lipinski definition) is 4. The van der Waals surface area contributed by atoms with Gasteiger partial charge in [-0.15, -0.1) is 0 Å². The van der Waals surface area contributed by atoms with Crippen LogP contribution in [0.25, 0.3) is 0 Å². The SMILES string of the molecule is CCOC(=O)c1c(F)ncn1[C@H](C)c1cccc(N)c1. The highest BCUT2D eigenvalue weighted by Crippen LogP contribution is 2.23. The minimum absolute atomic E-state index is 0.177. The maximum atomic E-state index is 13.7. The third kappa shape index (κ3) is 2.64. The molecule has 0 spiro atoms. The van der Waals surface area contributed by atoms with Crippen LogP contribution in [0.5, 0.6) is 0 Å². The lowest BCUT2D eigenvalue weighted by Gasteiger charge is -2.16. The lowest BCUT2D eigenvalue weighted by molar-refractivity contribution is 0.0506. The number of carbonyl (C=O) groups is 1. The lowest BCUT2D eigenvalue weighted by Crippen LogP contribution is -2.17. The zero-order valence-electron chi connectivity index (χ0n) is 11.3. The molecule has 0 aliphatic carbocycles. The molecule has 2 N–H and O–H groups in total. The molecule has 5 nitrogen and oxygen atoms in total. The number of benzene rings is 1. The van der Waals surface area contributed by atoms with Crippen LogP contribution in [0.1, 0.15) is 35.9 Å². The normalized spacial score (nSPS) is 12.2. The number of imidazole rings is 1. The van der Waals surface area contributed by atoms with Gasteiger partial charge in [0.15, 0.2) is 5.69 Å². The topological polar surface area (TPSA) is 70.1 Å². The predicted molar refractivity (Wildman–Crippen MR) is 72.8 cm³/mol. The van der Waals surface area contributed by atoms with Gasteiger partial charge in [-0.2, -0.15) is 4.39 Å².